The number of hydrogen-bond acceptors (Lipinski definition) is 6. The molecule has 0 spiro atoms. The summed E-state index contributed by atoms with van der Waals surface area (Å²) in [5.74, 6) is -0.0945. The summed E-state index contributed by atoms with van der Waals surface area (Å²) < 4.78 is 0. The third-order valence-corrected chi connectivity index (χ3v) is 3.88. The van der Waals surface area contributed by atoms with Gasteiger partial charge < -0.3 is 20.3 Å². The molecule has 3 rings (SSSR count). The Bertz CT molecular complexity index is 452. The normalized spacial score (nSPS) is 21.2. The van der Waals surface area contributed by atoms with E-state index in [-0.39, 0.29) is 5.82 Å². The zero-order chi connectivity index (χ0) is 13.2. The molecule has 2 aliphatic rings. The lowest BCUT2D eigenvalue weighted by Gasteiger charge is -2.43. The summed E-state index contributed by atoms with van der Waals surface area (Å²) in [7, 11) is 0. The Labute approximate surface area is 111 Å². The van der Waals surface area contributed by atoms with Crippen LogP contribution in [-0.2, 0) is 0 Å². The van der Waals surface area contributed by atoms with E-state index in [1.165, 1.54) is 6.07 Å². The molecule has 0 bridgehead atoms. The van der Waals surface area contributed by atoms with Crippen LogP contribution in [0.15, 0.2) is 18.3 Å². The van der Waals surface area contributed by atoms with E-state index in [2.05, 4.69) is 20.1 Å². The van der Waals surface area contributed by atoms with Crippen molar-refractivity contribution in [1.82, 2.24) is 15.2 Å². The van der Waals surface area contributed by atoms with E-state index in [1.54, 1.807) is 12.3 Å². The van der Waals surface area contributed by atoms with Gasteiger partial charge >= 0.3 is 5.82 Å². The second kappa shape index (κ2) is 5.10. The maximum Gasteiger partial charge on any atom is 0.363 e. The first-order valence-corrected chi connectivity index (χ1v) is 6.54. The Kier molecular flexibility index (Phi) is 3.31. The smallest absolute Gasteiger partial charge is 0.363 e. The second-order valence-electron chi connectivity index (χ2n) is 4.97. The van der Waals surface area contributed by atoms with Gasteiger partial charge in [0.05, 0.1) is 5.69 Å². The quantitative estimate of drug-likeness (QED) is 0.615. The molecule has 0 aromatic carbocycles. The van der Waals surface area contributed by atoms with Gasteiger partial charge in [-0.15, -0.1) is 0 Å². The first-order valence-electron chi connectivity index (χ1n) is 6.54. The molecule has 3 heterocycles. The van der Waals surface area contributed by atoms with Crippen LogP contribution in [0.4, 0.5) is 11.5 Å². The fraction of sp³-hybridized carbons (Fsp3) is 0.583. The topological polar surface area (TPSA) is 74.5 Å². The van der Waals surface area contributed by atoms with Crippen molar-refractivity contribution in [3.05, 3.63) is 28.4 Å². The van der Waals surface area contributed by atoms with Crippen molar-refractivity contribution in [3.63, 3.8) is 0 Å². The van der Waals surface area contributed by atoms with Gasteiger partial charge in [0.2, 0.25) is 0 Å². The second-order valence-corrected chi connectivity index (χ2v) is 4.97. The van der Waals surface area contributed by atoms with E-state index >= 15 is 0 Å². The summed E-state index contributed by atoms with van der Waals surface area (Å²) in [6, 6.07) is 3.95. The van der Waals surface area contributed by atoms with Gasteiger partial charge in [0, 0.05) is 51.4 Å². The molecular weight excluding hydrogens is 246 g/mol. The number of nitrogens with zero attached hydrogens (tertiary/aromatic N) is 4. The van der Waals surface area contributed by atoms with E-state index in [1.807, 2.05) is 0 Å². The highest BCUT2D eigenvalue weighted by Gasteiger charge is 2.28. The number of pyridine rings is 1. The summed E-state index contributed by atoms with van der Waals surface area (Å²) in [5, 5.41) is 13.9. The standard InChI is InChI=1S/C12H17N5O2/c18-17(19)12-2-1-10(9-14-12)15-3-5-16(6-4-15)11-7-13-8-11/h1-2,9,11,13H,3-8H2. The summed E-state index contributed by atoms with van der Waals surface area (Å²) in [5.41, 5.74) is 0.969. The van der Waals surface area contributed by atoms with Gasteiger partial charge in [-0.1, -0.05) is 0 Å². The van der Waals surface area contributed by atoms with Crippen molar-refractivity contribution in [2.45, 2.75) is 6.04 Å². The molecule has 7 nitrogen and oxygen atoms in total. The highest BCUT2D eigenvalue weighted by molar-refractivity contribution is 5.46. The molecule has 0 saturated carbocycles. The van der Waals surface area contributed by atoms with Crippen LogP contribution in [0.3, 0.4) is 0 Å². The Balaban J connectivity index is 1.59. The van der Waals surface area contributed by atoms with Crippen molar-refractivity contribution in [1.29, 1.82) is 0 Å². The number of anilines is 1. The Morgan fingerprint density at radius 2 is 2.00 bits per heavy atom. The number of nitrogens with one attached hydrogen (secondary N) is 1. The zero-order valence-corrected chi connectivity index (χ0v) is 10.7. The molecule has 0 unspecified atom stereocenters. The molecule has 102 valence electrons. The van der Waals surface area contributed by atoms with Crippen molar-refractivity contribution in [3.8, 4) is 0 Å². The van der Waals surface area contributed by atoms with E-state index in [4.69, 9.17) is 0 Å². The highest BCUT2D eigenvalue weighted by Crippen LogP contribution is 2.19. The largest absolute Gasteiger partial charge is 0.366 e. The Hall–Kier alpha value is -1.73. The predicted octanol–water partition coefficient (Wildman–Crippen LogP) is 0.0836. The lowest BCUT2D eigenvalue weighted by Crippen LogP contribution is -2.61. The van der Waals surface area contributed by atoms with Crippen molar-refractivity contribution in [2.75, 3.05) is 44.2 Å². The van der Waals surface area contributed by atoms with Crippen molar-refractivity contribution < 1.29 is 4.92 Å². The van der Waals surface area contributed by atoms with Gasteiger partial charge in [0.1, 0.15) is 0 Å². The van der Waals surface area contributed by atoms with Gasteiger partial charge in [-0.05, 0) is 16.0 Å². The van der Waals surface area contributed by atoms with Gasteiger partial charge in [0.15, 0.2) is 6.20 Å². The molecule has 0 aliphatic carbocycles. The molecule has 0 amide bonds. The maximum absolute atomic E-state index is 10.6. The fourth-order valence-electron chi connectivity index (χ4n) is 2.55. The molecule has 1 aromatic rings. The van der Waals surface area contributed by atoms with E-state index in [9.17, 15) is 10.1 Å². The molecule has 1 aromatic heterocycles. The lowest BCUT2D eigenvalue weighted by molar-refractivity contribution is -0.389. The van der Waals surface area contributed by atoms with Crippen molar-refractivity contribution >= 4 is 11.5 Å². The summed E-state index contributed by atoms with van der Waals surface area (Å²) in [6.07, 6.45) is 1.60. The van der Waals surface area contributed by atoms with E-state index in [0.717, 1.165) is 45.0 Å². The fourth-order valence-corrected chi connectivity index (χ4v) is 2.55. The van der Waals surface area contributed by atoms with Crippen LogP contribution in [0.5, 0.6) is 0 Å². The molecule has 0 radical (unpaired) electrons. The van der Waals surface area contributed by atoms with Crippen LogP contribution in [0.2, 0.25) is 0 Å². The maximum atomic E-state index is 10.6. The van der Waals surface area contributed by atoms with Gasteiger partial charge in [-0.2, -0.15) is 0 Å². The number of rotatable bonds is 3. The van der Waals surface area contributed by atoms with Crippen LogP contribution in [0.1, 0.15) is 0 Å². The molecule has 2 aliphatic heterocycles. The summed E-state index contributed by atoms with van der Waals surface area (Å²) in [4.78, 5) is 18.7. The van der Waals surface area contributed by atoms with E-state index < -0.39 is 4.92 Å². The minimum absolute atomic E-state index is 0.0945. The van der Waals surface area contributed by atoms with Crippen LogP contribution in [0, 0.1) is 10.1 Å². The van der Waals surface area contributed by atoms with Gasteiger partial charge in [-0.3, -0.25) is 4.90 Å². The minimum Gasteiger partial charge on any atom is -0.366 e. The molecule has 1 N–H and O–H groups in total. The lowest BCUT2D eigenvalue weighted by atomic mass is 10.1. The summed E-state index contributed by atoms with van der Waals surface area (Å²) >= 11 is 0. The third-order valence-electron chi connectivity index (χ3n) is 3.88. The van der Waals surface area contributed by atoms with Gasteiger partial charge in [0.25, 0.3) is 0 Å². The monoisotopic (exact) mass is 263 g/mol. The van der Waals surface area contributed by atoms with Crippen LogP contribution < -0.4 is 10.2 Å². The Morgan fingerprint density at radius 1 is 1.26 bits per heavy atom. The average molecular weight is 263 g/mol. The Morgan fingerprint density at radius 3 is 2.47 bits per heavy atom. The minimum atomic E-state index is -0.467. The number of piperazine rings is 1. The average Bonchev–Trinajstić information content (AvgIpc) is 2.38. The molecule has 2 fully saturated rings. The van der Waals surface area contributed by atoms with Crippen molar-refractivity contribution in [2.24, 2.45) is 0 Å². The first-order chi connectivity index (χ1) is 9.24. The van der Waals surface area contributed by atoms with Crippen LogP contribution >= 0.6 is 0 Å². The number of nitro groups is 1. The third kappa shape index (κ3) is 2.52. The number of hydrogen-bond donors (Lipinski definition) is 1. The molecule has 0 atom stereocenters. The van der Waals surface area contributed by atoms with Crippen LogP contribution in [-0.4, -0.2) is 60.1 Å². The first kappa shape index (κ1) is 12.3. The highest BCUT2D eigenvalue weighted by atomic mass is 16.6. The molecule has 7 heteroatoms. The summed E-state index contributed by atoms with van der Waals surface area (Å²) in [6.45, 7) is 6.19. The number of aromatic nitrogens is 1. The molecule has 19 heavy (non-hydrogen) atoms. The predicted molar refractivity (Wildman–Crippen MR) is 71.3 cm³/mol. The SMILES string of the molecule is O=[N+]([O-])c1ccc(N2CCN(C3CNC3)CC2)cn1. The van der Waals surface area contributed by atoms with Gasteiger partial charge in [-0.25, -0.2) is 0 Å². The molecular formula is C12H17N5O2. The van der Waals surface area contributed by atoms with Crippen LogP contribution in [0.25, 0.3) is 0 Å². The molecule has 2 saturated heterocycles. The zero-order valence-electron chi connectivity index (χ0n) is 10.7. The van der Waals surface area contributed by atoms with E-state index in [0.29, 0.717) is 6.04 Å².